The van der Waals surface area contributed by atoms with Crippen LogP contribution in [0.1, 0.15) is 19.8 Å². The van der Waals surface area contributed by atoms with Gasteiger partial charge < -0.3 is 4.42 Å². The number of unbranched alkanes of at least 4 members (excludes halogenated alkanes) is 1. The summed E-state index contributed by atoms with van der Waals surface area (Å²) in [5, 5.41) is 2.29. The van der Waals surface area contributed by atoms with Crippen molar-refractivity contribution in [1.29, 1.82) is 0 Å². The molecule has 0 radical (unpaired) electrons. The van der Waals surface area contributed by atoms with E-state index >= 15 is 0 Å². The first-order valence-corrected chi connectivity index (χ1v) is 5.73. The Balaban J connectivity index is 2.66. The first-order valence-electron chi connectivity index (χ1n) is 4.85. The highest BCUT2D eigenvalue weighted by atomic mass is 32.1. The van der Waals surface area contributed by atoms with E-state index in [1.54, 1.807) is 11.4 Å². The lowest BCUT2D eigenvalue weighted by Gasteiger charge is -2.03. The Morgan fingerprint density at radius 1 is 1.47 bits per heavy atom. The summed E-state index contributed by atoms with van der Waals surface area (Å²) in [5.41, 5.74) is -0.538. The van der Waals surface area contributed by atoms with Crippen LogP contribution in [-0.2, 0) is 6.54 Å². The number of fused-ring (bicyclic) bond motifs is 1. The number of hydrogen-bond acceptors (Lipinski definition) is 4. The Bertz CT molecular complexity index is 578. The lowest BCUT2D eigenvalue weighted by atomic mass is 10.3. The van der Waals surface area contributed by atoms with E-state index in [9.17, 15) is 9.59 Å². The third kappa shape index (κ3) is 1.74. The summed E-state index contributed by atoms with van der Waals surface area (Å²) in [7, 11) is 0. The minimum Gasteiger partial charge on any atom is -0.372 e. The van der Waals surface area contributed by atoms with Gasteiger partial charge in [0.1, 0.15) is 4.83 Å². The van der Waals surface area contributed by atoms with Gasteiger partial charge in [-0.1, -0.05) is 13.3 Å². The van der Waals surface area contributed by atoms with Gasteiger partial charge in [0.15, 0.2) is 0 Å². The monoisotopic (exact) mass is 225 g/mol. The summed E-state index contributed by atoms with van der Waals surface area (Å²) < 4.78 is 6.17. The smallest absolute Gasteiger partial charge is 0.372 e. The summed E-state index contributed by atoms with van der Waals surface area (Å²) in [6.45, 7) is 2.66. The molecule has 0 bridgehead atoms. The van der Waals surface area contributed by atoms with Crippen LogP contribution < -0.4 is 11.4 Å². The van der Waals surface area contributed by atoms with Crippen molar-refractivity contribution in [1.82, 2.24) is 4.57 Å². The van der Waals surface area contributed by atoms with Gasteiger partial charge in [-0.3, -0.25) is 4.57 Å². The van der Waals surface area contributed by atoms with Gasteiger partial charge in [0, 0.05) is 6.54 Å². The molecular formula is C10H11NO3S. The third-order valence-corrected chi connectivity index (χ3v) is 3.18. The molecule has 0 N–H and O–H groups in total. The van der Waals surface area contributed by atoms with Gasteiger partial charge in [0.25, 0.3) is 0 Å². The zero-order valence-corrected chi connectivity index (χ0v) is 9.17. The number of rotatable bonds is 3. The molecule has 4 nitrogen and oxygen atoms in total. The number of nitrogens with zero attached hydrogens (tertiary/aromatic N) is 1. The maximum atomic E-state index is 11.5. The molecule has 2 aromatic rings. The van der Waals surface area contributed by atoms with E-state index in [4.69, 9.17) is 0 Å². The Hall–Kier alpha value is -1.36. The van der Waals surface area contributed by atoms with Crippen LogP contribution in [0.15, 0.2) is 25.5 Å². The highest BCUT2D eigenvalue weighted by Gasteiger charge is 2.09. The second kappa shape index (κ2) is 4.02. The van der Waals surface area contributed by atoms with E-state index in [-0.39, 0.29) is 0 Å². The Morgan fingerprint density at radius 3 is 3.00 bits per heavy atom. The van der Waals surface area contributed by atoms with Crippen LogP contribution in [0.2, 0.25) is 0 Å². The lowest BCUT2D eigenvalue weighted by Crippen LogP contribution is -2.24. The highest BCUT2D eigenvalue weighted by molar-refractivity contribution is 7.16. The summed E-state index contributed by atoms with van der Waals surface area (Å²) in [4.78, 5) is 23.5. The van der Waals surface area contributed by atoms with Gasteiger partial charge in [-0.05, 0) is 17.9 Å². The second-order valence-electron chi connectivity index (χ2n) is 3.30. The van der Waals surface area contributed by atoms with E-state index in [2.05, 4.69) is 11.3 Å². The average Bonchev–Trinajstić information content (AvgIpc) is 2.66. The minimum absolute atomic E-state index is 0.496. The third-order valence-electron chi connectivity index (χ3n) is 2.25. The van der Waals surface area contributed by atoms with Crippen molar-refractivity contribution in [3.05, 3.63) is 32.4 Å². The molecule has 0 aliphatic heterocycles. The van der Waals surface area contributed by atoms with Gasteiger partial charge in [-0.25, -0.2) is 9.59 Å². The summed E-state index contributed by atoms with van der Waals surface area (Å²) in [6.07, 6.45) is 1.90. The van der Waals surface area contributed by atoms with Crippen molar-refractivity contribution < 1.29 is 4.42 Å². The standard InChI is InChI=1S/C10H11NO3S/c1-2-3-5-11-8-7(4-6-15-8)9(12)14-10(11)13/h4,6H,2-3,5H2,1H3. The van der Waals surface area contributed by atoms with Crippen LogP contribution in [0.5, 0.6) is 0 Å². The van der Waals surface area contributed by atoms with E-state index in [1.807, 2.05) is 0 Å². The van der Waals surface area contributed by atoms with Crippen LogP contribution in [-0.4, -0.2) is 4.57 Å². The van der Waals surface area contributed by atoms with Crippen LogP contribution in [0, 0.1) is 0 Å². The van der Waals surface area contributed by atoms with Gasteiger partial charge in [0.2, 0.25) is 0 Å². The summed E-state index contributed by atoms with van der Waals surface area (Å²) >= 11 is 1.40. The SMILES string of the molecule is CCCCn1c(=O)oc(=O)c2ccsc21. The Labute approximate surface area is 89.8 Å². The maximum Gasteiger partial charge on any atom is 0.422 e. The van der Waals surface area contributed by atoms with Crippen molar-refractivity contribution in [2.45, 2.75) is 26.3 Å². The maximum absolute atomic E-state index is 11.5. The number of aromatic nitrogens is 1. The molecule has 0 amide bonds. The molecule has 80 valence electrons. The highest BCUT2D eigenvalue weighted by Crippen LogP contribution is 2.15. The van der Waals surface area contributed by atoms with Crippen molar-refractivity contribution in [2.75, 3.05) is 0 Å². The van der Waals surface area contributed by atoms with Crippen molar-refractivity contribution in [2.24, 2.45) is 0 Å². The first kappa shape index (κ1) is 10.2. The molecule has 0 aliphatic carbocycles. The first-order chi connectivity index (χ1) is 7.24. The zero-order valence-electron chi connectivity index (χ0n) is 8.36. The topological polar surface area (TPSA) is 52.2 Å². The van der Waals surface area contributed by atoms with E-state index in [0.717, 1.165) is 12.8 Å². The Kier molecular flexibility index (Phi) is 2.73. The van der Waals surface area contributed by atoms with Crippen molar-refractivity contribution in [3.8, 4) is 0 Å². The summed E-state index contributed by atoms with van der Waals surface area (Å²) in [5.74, 6) is -0.552. The van der Waals surface area contributed by atoms with Gasteiger partial charge in [0.05, 0.1) is 5.39 Å². The molecule has 0 saturated heterocycles. The molecule has 0 unspecified atom stereocenters. The molecule has 15 heavy (non-hydrogen) atoms. The molecule has 0 spiro atoms. The Morgan fingerprint density at radius 2 is 2.27 bits per heavy atom. The molecule has 2 aromatic heterocycles. The quantitative estimate of drug-likeness (QED) is 0.800. The number of thiophene rings is 1. The summed E-state index contributed by atoms with van der Waals surface area (Å²) in [6, 6.07) is 1.69. The minimum atomic E-state index is -0.552. The predicted molar refractivity (Wildman–Crippen MR) is 59.5 cm³/mol. The van der Waals surface area contributed by atoms with E-state index in [0.29, 0.717) is 16.8 Å². The molecule has 5 heteroatoms. The molecule has 2 heterocycles. The largest absolute Gasteiger partial charge is 0.422 e. The van der Waals surface area contributed by atoms with Gasteiger partial charge in [-0.15, -0.1) is 11.3 Å². The van der Waals surface area contributed by atoms with E-state index < -0.39 is 11.4 Å². The molecule has 0 aromatic carbocycles. The normalized spacial score (nSPS) is 11.0. The molecule has 0 saturated carbocycles. The van der Waals surface area contributed by atoms with Crippen LogP contribution in [0.25, 0.3) is 10.2 Å². The average molecular weight is 225 g/mol. The molecule has 0 fully saturated rings. The van der Waals surface area contributed by atoms with Gasteiger partial charge >= 0.3 is 11.4 Å². The zero-order chi connectivity index (χ0) is 10.8. The molecule has 2 rings (SSSR count). The second-order valence-corrected chi connectivity index (χ2v) is 4.19. The molecular weight excluding hydrogens is 214 g/mol. The van der Waals surface area contributed by atoms with Crippen LogP contribution in [0.3, 0.4) is 0 Å². The molecule has 0 aliphatic rings. The van der Waals surface area contributed by atoms with Crippen molar-refractivity contribution >= 4 is 21.6 Å². The number of hydrogen-bond donors (Lipinski definition) is 0. The van der Waals surface area contributed by atoms with Crippen molar-refractivity contribution in [3.63, 3.8) is 0 Å². The number of aryl methyl sites for hydroxylation is 1. The predicted octanol–water partition coefficient (Wildman–Crippen LogP) is 1.82. The fraction of sp³-hybridized carbons (Fsp3) is 0.400. The fourth-order valence-electron chi connectivity index (χ4n) is 1.45. The van der Waals surface area contributed by atoms with Crippen LogP contribution in [0.4, 0.5) is 0 Å². The molecule has 0 atom stereocenters. The van der Waals surface area contributed by atoms with Crippen LogP contribution >= 0.6 is 11.3 Å². The lowest BCUT2D eigenvalue weighted by molar-refractivity contribution is 0.413. The van der Waals surface area contributed by atoms with E-state index in [1.165, 1.54) is 15.9 Å². The van der Waals surface area contributed by atoms with Gasteiger partial charge in [-0.2, -0.15) is 0 Å². The fourth-order valence-corrected chi connectivity index (χ4v) is 2.35.